The summed E-state index contributed by atoms with van der Waals surface area (Å²) in [4.78, 5) is 0. The summed E-state index contributed by atoms with van der Waals surface area (Å²) in [5.41, 5.74) is 2.66. The van der Waals surface area contributed by atoms with Crippen LogP contribution in [0.2, 0.25) is 0 Å². The summed E-state index contributed by atoms with van der Waals surface area (Å²) in [5, 5.41) is 3.71. The van der Waals surface area contributed by atoms with Crippen molar-refractivity contribution in [3.8, 4) is 0 Å². The van der Waals surface area contributed by atoms with E-state index in [0.717, 1.165) is 13.2 Å². The quantitative estimate of drug-likeness (QED) is 0.894. The standard InChI is InChI=1S/C19H23NO/c1-19(2)13-20-17(15-9-5-3-6-10-15)18(21-14-19)16-11-7-4-8-12-16/h3-12,17-18,20H,13-14H2,1-2H3. The maximum atomic E-state index is 6.31. The molecule has 1 aliphatic rings. The molecule has 21 heavy (non-hydrogen) atoms. The molecule has 1 fully saturated rings. The lowest BCUT2D eigenvalue weighted by molar-refractivity contribution is 0.00949. The molecule has 0 saturated carbocycles. The zero-order valence-corrected chi connectivity index (χ0v) is 12.8. The van der Waals surface area contributed by atoms with E-state index in [9.17, 15) is 0 Å². The van der Waals surface area contributed by atoms with Gasteiger partial charge < -0.3 is 10.1 Å². The second-order valence-electron chi connectivity index (χ2n) is 6.58. The van der Waals surface area contributed by atoms with Gasteiger partial charge in [-0.05, 0) is 11.1 Å². The van der Waals surface area contributed by atoms with Crippen molar-refractivity contribution in [3.63, 3.8) is 0 Å². The molecule has 2 aromatic rings. The SMILES string of the molecule is CC1(C)CNC(c2ccccc2)C(c2ccccc2)OC1. The first kappa shape index (κ1) is 14.3. The first-order valence-electron chi connectivity index (χ1n) is 7.61. The van der Waals surface area contributed by atoms with E-state index in [4.69, 9.17) is 4.74 Å². The van der Waals surface area contributed by atoms with Gasteiger partial charge in [-0.15, -0.1) is 0 Å². The average Bonchev–Trinajstić information content (AvgIpc) is 2.67. The van der Waals surface area contributed by atoms with Gasteiger partial charge in [0.05, 0.1) is 12.6 Å². The van der Waals surface area contributed by atoms with Crippen LogP contribution in [-0.2, 0) is 4.74 Å². The van der Waals surface area contributed by atoms with Crippen LogP contribution in [0, 0.1) is 5.41 Å². The molecule has 0 radical (unpaired) electrons. The number of hydrogen-bond donors (Lipinski definition) is 1. The van der Waals surface area contributed by atoms with E-state index >= 15 is 0 Å². The molecule has 2 aromatic carbocycles. The Labute approximate surface area is 127 Å². The van der Waals surface area contributed by atoms with Crippen LogP contribution in [0.4, 0.5) is 0 Å². The van der Waals surface area contributed by atoms with Gasteiger partial charge in [-0.2, -0.15) is 0 Å². The summed E-state index contributed by atoms with van der Waals surface area (Å²) in [6, 6.07) is 21.3. The summed E-state index contributed by atoms with van der Waals surface area (Å²) in [7, 11) is 0. The highest BCUT2D eigenvalue weighted by Crippen LogP contribution is 2.36. The van der Waals surface area contributed by atoms with Crippen LogP contribution in [0.25, 0.3) is 0 Å². The monoisotopic (exact) mass is 281 g/mol. The van der Waals surface area contributed by atoms with Gasteiger partial charge in [-0.1, -0.05) is 74.5 Å². The van der Waals surface area contributed by atoms with Crippen molar-refractivity contribution in [1.29, 1.82) is 0 Å². The Balaban J connectivity index is 1.96. The minimum absolute atomic E-state index is 0.0513. The smallest absolute Gasteiger partial charge is 0.102 e. The van der Waals surface area contributed by atoms with Crippen molar-refractivity contribution in [2.24, 2.45) is 5.41 Å². The van der Waals surface area contributed by atoms with Crippen LogP contribution < -0.4 is 5.32 Å². The molecule has 0 aliphatic carbocycles. The van der Waals surface area contributed by atoms with Crippen molar-refractivity contribution in [2.45, 2.75) is 26.0 Å². The lowest BCUT2D eigenvalue weighted by Crippen LogP contribution is -2.32. The van der Waals surface area contributed by atoms with Crippen LogP contribution in [-0.4, -0.2) is 13.2 Å². The predicted octanol–water partition coefficient (Wildman–Crippen LogP) is 4.12. The Bertz CT molecular complexity index is 513. The first-order valence-corrected chi connectivity index (χ1v) is 7.61. The summed E-state index contributed by atoms with van der Waals surface area (Å²) in [5.74, 6) is 0. The Morgan fingerprint density at radius 3 is 2.10 bits per heavy atom. The maximum Gasteiger partial charge on any atom is 0.102 e. The topological polar surface area (TPSA) is 21.3 Å². The molecule has 2 nitrogen and oxygen atoms in total. The van der Waals surface area contributed by atoms with Gasteiger partial charge >= 0.3 is 0 Å². The van der Waals surface area contributed by atoms with Gasteiger partial charge in [-0.3, -0.25) is 0 Å². The van der Waals surface area contributed by atoms with E-state index in [1.54, 1.807) is 0 Å². The molecule has 3 rings (SSSR count). The van der Waals surface area contributed by atoms with Crippen LogP contribution in [0.5, 0.6) is 0 Å². The lowest BCUT2D eigenvalue weighted by atomic mass is 9.94. The van der Waals surface area contributed by atoms with Gasteiger partial charge in [0.2, 0.25) is 0 Å². The van der Waals surface area contributed by atoms with Crippen LogP contribution >= 0.6 is 0 Å². The minimum atomic E-state index is 0.0513. The molecule has 110 valence electrons. The highest BCUT2D eigenvalue weighted by atomic mass is 16.5. The lowest BCUT2D eigenvalue weighted by Gasteiger charge is -2.26. The highest BCUT2D eigenvalue weighted by Gasteiger charge is 2.33. The van der Waals surface area contributed by atoms with Gasteiger partial charge in [0.25, 0.3) is 0 Å². The number of hydrogen-bond acceptors (Lipinski definition) is 2. The average molecular weight is 281 g/mol. The zero-order chi connectivity index (χ0) is 14.7. The molecule has 2 heteroatoms. The summed E-state index contributed by atoms with van der Waals surface area (Å²) in [6.07, 6.45) is 0.0513. The summed E-state index contributed by atoms with van der Waals surface area (Å²) in [6.45, 7) is 6.21. The third-order valence-corrected chi connectivity index (χ3v) is 4.04. The summed E-state index contributed by atoms with van der Waals surface area (Å²) >= 11 is 0. The van der Waals surface area contributed by atoms with Crippen LogP contribution in [0.3, 0.4) is 0 Å². The molecule has 1 heterocycles. The second-order valence-corrected chi connectivity index (χ2v) is 6.58. The Morgan fingerprint density at radius 2 is 1.48 bits per heavy atom. The van der Waals surface area contributed by atoms with Crippen LogP contribution in [0.15, 0.2) is 60.7 Å². The third kappa shape index (κ3) is 3.34. The van der Waals surface area contributed by atoms with E-state index in [2.05, 4.69) is 79.8 Å². The number of nitrogens with one attached hydrogen (secondary N) is 1. The Hall–Kier alpha value is -1.64. The molecule has 2 atom stereocenters. The van der Waals surface area contributed by atoms with Crippen molar-refractivity contribution >= 4 is 0 Å². The van der Waals surface area contributed by atoms with E-state index in [1.165, 1.54) is 11.1 Å². The highest BCUT2D eigenvalue weighted by molar-refractivity contribution is 5.27. The van der Waals surface area contributed by atoms with Crippen molar-refractivity contribution in [1.82, 2.24) is 5.32 Å². The molecule has 0 spiro atoms. The fourth-order valence-corrected chi connectivity index (χ4v) is 2.84. The molecular weight excluding hydrogens is 258 g/mol. The minimum Gasteiger partial charge on any atom is -0.371 e. The fraction of sp³-hybridized carbons (Fsp3) is 0.368. The molecular formula is C19H23NO. The van der Waals surface area contributed by atoms with Gasteiger partial charge in [0.1, 0.15) is 6.10 Å². The number of ether oxygens (including phenoxy) is 1. The van der Waals surface area contributed by atoms with Crippen LogP contribution in [0.1, 0.15) is 37.1 Å². The molecule has 2 unspecified atom stereocenters. The van der Waals surface area contributed by atoms with E-state index in [0.29, 0.717) is 0 Å². The second kappa shape index (κ2) is 6.00. The molecule has 0 aromatic heterocycles. The van der Waals surface area contributed by atoms with Crippen molar-refractivity contribution in [3.05, 3.63) is 71.8 Å². The Morgan fingerprint density at radius 1 is 0.905 bits per heavy atom. The number of rotatable bonds is 2. The van der Waals surface area contributed by atoms with Gasteiger partial charge in [-0.25, -0.2) is 0 Å². The molecule has 1 N–H and O–H groups in total. The predicted molar refractivity (Wildman–Crippen MR) is 86.1 cm³/mol. The fourth-order valence-electron chi connectivity index (χ4n) is 2.84. The van der Waals surface area contributed by atoms with E-state index in [-0.39, 0.29) is 17.6 Å². The van der Waals surface area contributed by atoms with Crippen molar-refractivity contribution in [2.75, 3.05) is 13.2 Å². The first-order chi connectivity index (χ1) is 10.2. The molecule has 0 amide bonds. The van der Waals surface area contributed by atoms with E-state index < -0.39 is 0 Å². The summed E-state index contributed by atoms with van der Waals surface area (Å²) < 4.78 is 6.31. The normalized spacial score (nSPS) is 25.2. The number of benzene rings is 2. The maximum absolute atomic E-state index is 6.31. The molecule has 1 saturated heterocycles. The largest absolute Gasteiger partial charge is 0.371 e. The van der Waals surface area contributed by atoms with Gasteiger partial charge in [0, 0.05) is 12.0 Å². The Kier molecular flexibility index (Phi) is 4.09. The zero-order valence-electron chi connectivity index (χ0n) is 12.8. The van der Waals surface area contributed by atoms with Gasteiger partial charge in [0.15, 0.2) is 0 Å². The molecule has 0 bridgehead atoms. The molecule has 1 aliphatic heterocycles. The van der Waals surface area contributed by atoms with Crippen molar-refractivity contribution < 1.29 is 4.74 Å². The van der Waals surface area contributed by atoms with E-state index in [1.807, 2.05) is 0 Å². The third-order valence-electron chi connectivity index (χ3n) is 4.04.